The molecule has 0 unspecified atom stereocenters. The monoisotopic (exact) mass is 306 g/mol. The fourth-order valence-electron chi connectivity index (χ4n) is 1.84. The molecule has 1 N–H and O–H groups in total. The predicted octanol–water partition coefficient (Wildman–Crippen LogP) is 5.06. The van der Waals surface area contributed by atoms with Crippen LogP contribution >= 0.6 is 34.3 Å². The van der Waals surface area contributed by atoms with Gasteiger partial charge in [-0.25, -0.2) is 4.98 Å². The van der Waals surface area contributed by atoms with Crippen molar-refractivity contribution in [3.63, 3.8) is 0 Å². The molecule has 0 amide bonds. The third-order valence-electron chi connectivity index (χ3n) is 2.71. The molecule has 19 heavy (non-hydrogen) atoms. The van der Waals surface area contributed by atoms with Gasteiger partial charge in [-0.1, -0.05) is 23.7 Å². The lowest BCUT2D eigenvalue weighted by molar-refractivity contribution is 0.989. The standard InChI is InChI=1S/C14H11ClN2S2/c15-14-10(4-1-7-16-14)17-13(11-5-2-8-18-11)12-6-3-9-19-12/h1-9,13,17H. The van der Waals surface area contributed by atoms with Crippen LogP contribution in [0.2, 0.25) is 5.15 Å². The van der Waals surface area contributed by atoms with E-state index in [1.54, 1.807) is 28.9 Å². The lowest BCUT2D eigenvalue weighted by Crippen LogP contribution is -2.10. The van der Waals surface area contributed by atoms with Crippen LogP contribution in [0.25, 0.3) is 0 Å². The van der Waals surface area contributed by atoms with Gasteiger partial charge in [0.15, 0.2) is 5.15 Å². The van der Waals surface area contributed by atoms with Gasteiger partial charge in [0.25, 0.3) is 0 Å². The summed E-state index contributed by atoms with van der Waals surface area (Å²) in [5, 5.41) is 8.15. The van der Waals surface area contributed by atoms with E-state index in [2.05, 4.69) is 45.3 Å². The molecule has 0 saturated heterocycles. The Bertz CT molecular complexity index is 601. The Morgan fingerprint density at radius 3 is 2.21 bits per heavy atom. The van der Waals surface area contributed by atoms with Crippen molar-refractivity contribution in [3.8, 4) is 0 Å². The maximum atomic E-state index is 6.12. The Morgan fingerprint density at radius 2 is 1.68 bits per heavy atom. The fraction of sp³-hybridized carbons (Fsp3) is 0.0714. The molecule has 0 aliphatic rings. The Hall–Kier alpha value is -1.36. The predicted molar refractivity (Wildman–Crippen MR) is 83.4 cm³/mol. The number of hydrogen-bond acceptors (Lipinski definition) is 4. The van der Waals surface area contributed by atoms with Gasteiger partial charge in [0.2, 0.25) is 0 Å². The minimum atomic E-state index is 0.127. The van der Waals surface area contributed by atoms with E-state index in [4.69, 9.17) is 11.6 Å². The van der Waals surface area contributed by atoms with Gasteiger partial charge in [0, 0.05) is 16.0 Å². The quantitative estimate of drug-likeness (QED) is 0.681. The van der Waals surface area contributed by atoms with Gasteiger partial charge in [-0.2, -0.15) is 0 Å². The minimum Gasteiger partial charge on any atom is -0.370 e. The molecular formula is C14H11ClN2S2. The number of rotatable bonds is 4. The number of pyridine rings is 1. The molecule has 0 bridgehead atoms. The molecule has 0 atom stereocenters. The topological polar surface area (TPSA) is 24.9 Å². The van der Waals surface area contributed by atoms with Crippen LogP contribution in [0.4, 0.5) is 5.69 Å². The van der Waals surface area contributed by atoms with Crippen molar-refractivity contribution < 1.29 is 0 Å². The second kappa shape index (κ2) is 5.74. The van der Waals surface area contributed by atoms with Crippen LogP contribution in [0.3, 0.4) is 0 Å². The van der Waals surface area contributed by atoms with Gasteiger partial charge in [-0.05, 0) is 35.0 Å². The zero-order chi connectivity index (χ0) is 13.1. The molecule has 3 aromatic heterocycles. The van der Waals surface area contributed by atoms with E-state index >= 15 is 0 Å². The first kappa shape index (κ1) is 12.7. The highest BCUT2D eigenvalue weighted by Crippen LogP contribution is 2.33. The second-order valence-electron chi connectivity index (χ2n) is 3.95. The van der Waals surface area contributed by atoms with Crippen LogP contribution in [0.5, 0.6) is 0 Å². The summed E-state index contributed by atoms with van der Waals surface area (Å²) in [7, 11) is 0. The molecule has 0 saturated carbocycles. The van der Waals surface area contributed by atoms with Crippen molar-refractivity contribution in [2.24, 2.45) is 0 Å². The lowest BCUT2D eigenvalue weighted by Gasteiger charge is -2.18. The lowest BCUT2D eigenvalue weighted by atomic mass is 10.2. The molecule has 0 radical (unpaired) electrons. The molecule has 96 valence electrons. The summed E-state index contributed by atoms with van der Waals surface area (Å²) in [5.41, 5.74) is 0.857. The summed E-state index contributed by atoms with van der Waals surface area (Å²) in [6.45, 7) is 0. The SMILES string of the molecule is Clc1ncccc1NC(c1cccs1)c1cccs1. The maximum Gasteiger partial charge on any atom is 0.152 e. The van der Waals surface area contributed by atoms with E-state index in [0.717, 1.165) is 5.69 Å². The third kappa shape index (κ3) is 2.81. The molecular weight excluding hydrogens is 296 g/mol. The van der Waals surface area contributed by atoms with E-state index in [1.807, 2.05) is 12.1 Å². The number of anilines is 1. The fourth-order valence-corrected chi connectivity index (χ4v) is 3.68. The van der Waals surface area contributed by atoms with Crippen LogP contribution in [0, 0.1) is 0 Å². The van der Waals surface area contributed by atoms with Crippen molar-refractivity contribution in [3.05, 3.63) is 68.3 Å². The molecule has 3 aromatic rings. The van der Waals surface area contributed by atoms with Crippen molar-refractivity contribution in [2.45, 2.75) is 6.04 Å². The van der Waals surface area contributed by atoms with Crippen LogP contribution in [-0.2, 0) is 0 Å². The van der Waals surface area contributed by atoms with Gasteiger partial charge < -0.3 is 5.32 Å². The molecule has 0 aliphatic carbocycles. The molecule has 0 fully saturated rings. The van der Waals surface area contributed by atoms with Crippen LogP contribution in [0.15, 0.2) is 53.4 Å². The molecule has 3 heterocycles. The van der Waals surface area contributed by atoms with E-state index in [9.17, 15) is 0 Å². The van der Waals surface area contributed by atoms with E-state index in [0.29, 0.717) is 5.15 Å². The highest BCUT2D eigenvalue weighted by Gasteiger charge is 2.17. The number of thiophene rings is 2. The van der Waals surface area contributed by atoms with Gasteiger partial charge in [0.1, 0.15) is 0 Å². The smallest absolute Gasteiger partial charge is 0.152 e. The summed E-state index contributed by atoms with van der Waals surface area (Å²) in [4.78, 5) is 6.64. The number of nitrogens with one attached hydrogen (secondary N) is 1. The second-order valence-corrected chi connectivity index (χ2v) is 6.27. The Morgan fingerprint density at radius 1 is 1.00 bits per heavy atom. The average Bonchev–Trinajstić information content (AvgIpc) is 3.11. The summed E-state index contributed by atoms with van der Waals surface area (Å²) < 4.78 is 0. The summed E-state index contributed by atoms with van der Waals surface area (Å²) in [6, 6.07) is 12.3. The molecule has 2 nitrogen and oxygen atoms in total. The van der Waals surface area contributed by atoms with Gasteiger partial charge in [-0.3, -0.25) is 0 Å². The molecule has 0 aromatic carbocycles. The van der Waals surface area contributed by atoms with Crippen molar-refractivity contribution in [2.75, 3.05) is 5.32 Å². The zero-order valence-corrected chi connectivity index (χ0v) is 12.3. The number of halogens is 1. The summed E-state index contributed by atoms with van der Waals surface area (Å²) in [6.07, 6.45) is 1.69. The van der Waals surface area contributed by atoms with E-state index < -0.39 is 0 Å². The Labute approximate surface area is 124 Å². The normalized spacial score (nSPS) is 10.8. The minimum absolute atomic E-state index is 0.127. The molecule has 0 aliphatic heterocycles. The van der Waals surface area contributed by atoms with Crippen molar-refractivity contribution in [1.82, 2.24) is 4.98 Å². The number of hydrogen-bond donors (Lipinski definition) is 1. The van der Waals surface area contributed by atoms with Gasteiger partial charge >= 0.3 is 0 Å². The third-order valence-corrected chi connectivity index (χ3v) is 4.89. The first-order valence-electron chi connectivity index (χ1n) is 5.78. The zero-order valence-electron chi connectivity index (χ0n) is 9.92. The molecule has 0 spiro atoms. The summed E-state index contributed by atoms with van der Waals surface area (Å²) >= 11 is 9.59. The average molecular weight is 307 g/mol. The van der Waals surface area contributed by atoms with E-state index in [1.165, 1.54) is 9.75 Å². The van der Waals surface area contributed by atoms with Crippen molar-refractivity contribution in [1.29, 1.82) is 0 Å². The highest BCUT2D eigenvalue weighted by atomic mass is 35.5. The maximum absolute atomic E-state index is 6.12. The molecule has 5 heteroatoms. The van der Waals surface area contributed by atoms with Gasteiger partial charge in [0.05, 0.1) is 11.7 Å². The van der Waals surface area contributed by atoms with Crippen LogP contribution in [-0.4, -0.2) is 4.98 Å². The Kier molecular flexibility index (Phi) is 3.82. The van der Waals surface area contributed by atoms with Crippen molar-refractivity contribution >= 4 is 40.0 Å². The first-order valence-corrected chi connectivity index (χ1v) is 7.92. The van der Waals surface area contributed by atoms with Crippen LogP contribution < -0.4 is 5.32 Å². The van der Waals surface area contributed by atoms with E-state index in [-0.39, 0.29) is 6.04 Å². The van der Waals surface area contributed by atoms with Crippen LogP contribution in [0.1, 0.15) is 15.8 Å². The Balaban J connectivity index is 1.95. The number of aromatic nitrogens is 1. The summed E-state index contributed by atoms with van der Waals surface area (Å²) in [5.74, 6) is 0. The molecule has 3 rings (SSSR count). The highest BCUT2D eigenvalue weighted by molar-refractivity contribution is 7.11. The first-order chi connectivity index (χ1) is 9.34. The number of nitrogens with zero attached hydrogens (tertiary/aromatic N) is 1. The largest absolute Gasteiger partial charge is 0.370 e. The van der Waals surface area contributed by atoms with Gasteiger partial charge in [-0.15, -0.1) is 22.7 Å².